The molecular weight excluding hydrogens is 316 g/mol. The zero-order valence-electron chi connectivity index (χ0n) is 14.7. The Morgan fingerprint density at radius 1 is 1.04 bits per heavy atom. The van der Waals surface area contributed by atoms with Crippen molar-refractivity contribution in [1.29, 1.82) is 0 Å². The summed E-state index contributed by atoms with van der Waals surface area (Å²) in [6.07, 6.45) is 6.97. The van der Waals surface area contributed by atoms with Crippen LogP contribution in [0.4, 0.5) is 0 Å². The first-order valence-corrected chi connectivity index (χ1v) is 9.52. The van der Waals surface area contributed by atoms with Crippen LogP contribution >= 0.6 is 0 Å². The van der Waals surface area contributed by atoms with E-state index >= 15 is 0 Å². The standard InChI is InChI=1S/C20H26N2O3/c23-19(21-10-2-1-3-11-21)14-25-18-8-5-16(6-9-18)20(24)22-13-15-4-7-17(22)12-15/h5-6,8-9,15,17H,1-4,7,10-14H2/t15-,17-/m0/s1. The van der Waals surface area contributed by atoms with E-state index in [0.717, 1.165) is 38.9 Å². The normalized spacial score (nSPS) is 25.3. The van der Waals surface area contributed by atoms with Crippen molar-refractivity contribution in [3.63, 3.8) is 0 Å². The molecule has 1 saturated carbocycles. The highest BCUT2D eigenvalue weighted by Crippen LogP contribution is 2.38. The Labute approximate surface area is 148 Å². The van der Waals surface area contributed by atoms with Crippen molar-refractivity contribution < 1.29 is 14.3 Å². The third kappa shape index (κ3) is 3.51. The van der Waals surface area contributed by atoms with Crippen LogP contribution in [0.15, 0.2) is 24.3 Å². The molecule has 3 fully saturated rings. The molecule has 4 rings (SSSR count). The minimum atomic E-state index is 0.0490. The van der Waals surface area contributed by atoms with Crippen LogP contribution in [-0.4, -0.2) is 53.9 Å². The Morgan fingerprint density at radius 3 is 2.44 bits per heavy atom. The maximum atomic E-state index is 12.6. The van der Waals surface area contributed by atoms with Crippen LogP contribution in [0.25, 0.3) is 0 Å². The van der Waals surface area contributed by atoms with Crippen LogP contribution < -0.4 is 4.74 Å². The fourth-order valence-corrected chi connectivity index (χ4v) is 4.41. The van der Waals surface area contributed by atoms with Crippen LogP contribution in [-0.2, 0) is 4.79 Å². The molecule has 5 nitrogen and oxygen atoms in total. The zero-order chi connectivity index (χ0) is 17.2. The molecule has 1 aromatic carbocycles. The summed E-state index contributed by atoms with van der Waals surface area (Å²) < 4.78 is 5.61. The van der Waals surface area contributed by atoms with Gasteiger partial charge in [0.1, 0.15) is 5.75 Å². The number of likely N-dealkylation sites (tertiary alicyclic amines) is 2. The quantitative estimate of drug-likeness (QED) is 0.845. The molecule has 0 N–H and O–H groups in total. The number of hydrogen-bond acceptors (Lipinski definition) is 3. The minimum absolute atomic E-state index is 0.0490. The van der Waals surface area contributed by atoms with Crippen molar-refractivity contribution in [2.24, 2.45) is 5.92 Å². The molecule has 2 bridgehead atoms. The van der Waals surface area contributed by atoms with Crippen LogP contribution in [0.3, 0.4) is 0 Å². The SMILES string of the molecule is O=C(COc1ccc(C(=O)N2C[C@H]3CC[C@H]2C3)cc1)N1CCCCC1. The van der Waals surface area contributed by atoms with E-state index in [-0.39, 0.29) is 18.4 Å². The largest absolute Gasteiger partial charge is 0.484 e. The third-order valence-corrected chi connectivity index (χ3v) is 5.84. The molecule has 3 aliphatic rings. The maximum Gasteiger partial charge on any atom is 0.260 e. The molecule has 2 saturated heterocycles. The van der Waals surface area contributed by atoms with Crippen molar-refractivity contribution in [2.75, 3.05) is 26.2 Å². The smallest absolute Gasteiger partial charge is 0.260 e. The number of benzene rings is 1. The van der Waals surface area contributed by atoms with Crippen molar-refractivity contribution in [1.82, 2.24) is 9.80 Å². The van der Waals surface area contributed by atoms with Gasteiger partial charge in [0.25, 0.3) is 11.8 Å². The van der Waals surface area contributed by atoms with E-state index in [1.54, 1.807) is 12.1 Å². The van der Waals surface area contributed by atoms with E-state index in [0.29, 0.717) is 23.3 Å². The Kier molecular flexibility index (Phi) is 4.64. The lowest BCUT2D eigenvalue weighted by molar-refractivity contribution is -0.134. The minimum Gasteiger partial charge on any atom is -0.484 e. The van der Waals surface area contributed by atoms with Gasteiger partial charge in [-0.15, -0.1) is 0 Å². The van der Waals surface area contributed by atoms with Crippen molar-refractivity contribution >= 4 is 11.8 Å². The lowest BCUT2D eigenvalue weighted by Crippen LogP contribution is -2.38. The number of piperidine rings is 2. The molecule has 134 valence electrons. The van der Waals surface area contributed by atoms with Gasteiger partial charge in [0.05, 0.1) is 0 Å². The summed E-state index contributed by atoms with van der Waals surface area (Å²) in [5.41, 5.74) is 0.710. The number of fused-ring (bicyclic) bond motifs is 2. The van der Waals surface area contributed by atoms with Gasteiger partial charge >= 0.3 is 0 Å². The maximum absolute atomic E-state index is 12.6. The zero-order valence-corrected chi connectivity index (χ0v) is 14.7. The van der Waals surface area contributed by atoms with Crippen LogP contribution in [0.5, 0.6) is 5.75 Å². The number of rotatable bonds is 4. The number of hydrogen-bond donors (Lipinski definition) is 0. The second kappa shape index (κ2) is 7.06. The summed E-state index contributed by atoms with van der Waals surface area (Å²) in [7, 11) is 0. The van der Waals surface area contributed by atoms with Crippen molar-refractivity contribution in [2.45, 2.75) is 44.6 Å². The lowest BCUT2D eigenvalue weighted by atomic mass is 10.1. The van der Waals surface area contributed by atoms with Gasteiger partial charge in [-0.2, -0.15) is 0 Å². The summed E-state index contributed by atoms with van der Waals surface area (Å²) in [6, 6.07) is 7.66. The molecule has 5 heteroatoms. The van der Waals surface area contributed by atoms with Gasteiger partial charge in [-0.3, -0.25) is 9.59 Å². The molecule has 2 aliphatic heterocycles. The fraction of sp³-hybridized carbons (Fsp3) is 0.600. The average Bonchev–Trinajstić information content (AvgIpc) is 3.30. The van der Waals surface area contributed by atoms with Crippen LogP contribution in [0, 0.1) is 5.92 Å². The molecule has 25 heavy (non-hydrogen) atoms. The summed E-state index contributed by atoms with van der Waals surface area (Å²) in [4.78, 5) is 28.7. The summed E-state index contributed by atoms with van der Waals surface area (Å²) in [5.74, 6) is 1.53. The van der Waals surface area contributed by atoms with Gasteiger partial charge in [-0.1, -0.05) is 0 Å². The Morgan fingerprint density at radius 2 is 1.80 bits per heavy atom. The third-order valence-electron chi connectivity index (χ3n) is 5.84. The van der Waals surface area contributed by atoms with Crippen LogP contribution in [0.1, 0.15) is 48.9 Å². The number of amides is 2. The topological polar surface area (TPSA) is 49.9 Å². The summed E-state index contributed by atoms with van der Waals surface area (Å²) >= 11 is 0. The first-order valence-electron chi connectivity index (χ1n) is 9.52. The predicted molar refractivity (Wildman–Crippen MR) is 94.5 cm³/mol. The molecule has 0 radical (unpaired) electrons. The summed E-state index contributed by atoms with van der Waals surface area (Å²) in [5, 5.41) is 0. The predicted octanol–water partition coefficient (Wildman–Crippen LogP) is 2.70. The fourth-order valence-electron chi connectivity index (χ4n) is 4.41. The number of carbonyl (C=O) groups is 2. The molecule has 1 aliphatic carbocycles. The van der Waals surface area contributed by atoms with Crippen molar-refractivity contribution in [3.8, 4) is 5.75 Å². The van der Waals surface area contributed by atoms with E-state index < -0.39 is 0 Å². The van der Waals surface area contributed by atoms with Crippen molar-refractivity contribution in [3.05, 3.63) is 29.8 Å². The monoisotopic (exact) mass is 342 g/mol. The van der Waals surface area contributed by atoms with E-state index in [2.05, 4.69) is 0 Å². The molecule has 1 aromatic rings. The molecule has 2 heterocycles. The highest BCUT2D eigenvalue weighted by molar-refractivity contribution is 5.94. The molecule has 0 aromatic heterocycles. The van der Waals surface area contributed by atoms with Gasteiger partial charge in [-0.25, -0.2) is 0 Å². The Bertz CT molecular complexity index is 637. The average molecular weight is 342 g/mol. The number of ether oxygens (including phenoxy) is 1. The lowest BCUT2D eigenvalue weighted by Gasteiger charge is -2.27. The first-order chi connectivity index (χ1) is 12.2. The second-order valence-corrected chi connectivity index (χ2v) is 7.54. The van der Waals surface area contributed by atoms with Crippen LogP contribution in [0.2, 0.25) is 0 Å². The van der Waals surface area contributed by atoms with Gasteiger partial charge in [0.15, 0.2) is 6.61 Å². The van der Waals surface area contributed by atoms with E-state index in [1.807, 2.05) is 21.9 Å². The van der Waals surface area contributed by atoms with E-state index in [9.17, 15) is 9.59 Å². The van der Waals surface area contributed by atoms with Gasteiger partial charge < -0.3 is 14.5 Å². The van der Waals surface area contributed by atoms with Gasteiger partial charge in [0.2, 0.25) is 0 Å². The van der Waals surface area contributed by atoms with Gasteiger partial charge in [0, 0.05) is 31.2 Å². The van der Waals surface area contributed by atoms with E-state index in [1.165, 1.54) is 19.3 Å². The first kappa shape index (κ1) is 16.4. The number of nitrogens with zero attached hydrogens (tertiary/aromatic N) is 2. The molecule has 2 atom stereocenters. The van der Waals surface area contributed by atoms with Gasteiger partial charge in [-0.05, 0) is 68.7 Å². The molecule has 2 amide bonds. The number of carbonyl (C=O) groups excluding carboxylic acids is 2. The molecule has 0 unspecified atom stereocenters. The molecular formula is C20H26N2O3. The highest BCUT2D eigenvalue weighted by atomic mass is 16.5. The highest BCUT2D eigenvalue weighted by Gasteiger charge is 2.40. The molecule has 0 spiro atoms. The second-order valence-electron chi connectivity index (χ2n) is 7.54. The summed E-state index contributed by atoms with van der Waals surface area (Å²) in [6.45, 7) is 2.66. The Hall–Kier alpha value is -2.04. The Balaban J connectivity index is 1.31. The van der Waals surface area contributed by atoms with E-state index in [4.69, 9.17) is 4.74 Å².